The fraction of sp³-hybridized carbons (Fsp3) is 0.286. The second-order valence-corrected chi connectivity index (χ2v) is 7.20. The highest BCUT2D eigenvalue weighted by molar-refractivity contribution is 6.30. The summed E-state index contributed by atoms with van der Waals surface area (Å²) in [4.78, 5) is 40.2. The number of carbonyl (C=O) groups excluding carboxylic acids is 3. The molecule has 6 nitrogen and oxygen atoms in total. The fourth-order valence-corrected chi connectivity index (χ4v) is 3.42. The van der Waals surface area contributed by atoms with Crippen molar-refractivity contribution in [2.45, 2.75) is 19.9 Å². The number of hydrogen-bond donors (Lipinski definition) is 0. The summed E-state index contributed by atoms with van der Waals surface area (Å²) in [5.41, 5.74) is 2.48. The van der Waals surface area contributed by atoms with E-state index in [1.54, 1.807) is 50.6 Å². The monoisotopic (exact) mass is 400 g/mol. The van der Waals surface area contributed by atoms with Crippen molar-refractivity contribution in [3.8, 4) is 5.75 Å². The Labute approximate surface area is 168 Å². The van der Waals surface area contributed by atoms with E-state index < -0.39 is 0 Å². The van der Waals surface area contributed by atoms with Gasteiger partial charge in [0.05, 0.1) is 18.2 Å². The van der Waals surface area contributed by atoms with E-state index in [-0.39, 0.29) is 30.7 Å². The van der Waals surface area contributed by atoms with E-state index in [1.165, 1.54) is 4.90 Å². The molecule has 3 amide bonds. The number of amides is 3. The lowest BCUT2D eigenvalue weighted by molar-refractivity contribution is -0.130. The molecule has 2 aromatic rings. The molecule has 7 heteroatoms. The van der Waals surface area contributed by atoms with E-state index in [9.17, 15) is 14.4 Å². The number of benzene rings is 2. The van der Waals surface area contributed by atoms with Crippen LogP contribution < -0.4 is 4.74 Å². The van der Waals surface area contributed by atoms with Gasteiger partial charge in [-0.25, -0.2) is 0 Å². The molecule has 1 aliphatic rings. The summed E-state index contributed by atoms with van der Waals surface area (Å²) in [6.45, 7) is 2.22. The predicted molar refractivity (Wildman–Crippen MR) is 106 cm³/mol. The summed E-state index contributed by atoms with van der Waals surface area (Å²) < 4.78 is 5.30. The van der Waals surface area contributed by atoms with Gasteiger partial charge in [0, 0.05) is 37.1 Å². The van der Waals surface area contributed by atoms with Crippen LogP contribution in [0.15, 0.2) is 36.4 Å². The van der Waals surface area contributed by atoms with Crippen molar-refractivity contribution >= 4 is 29.3 Å². The summed E-state index contributed by atoms with van der Waals surface area (Å²) in [6, 6.07) is 10.4. The van der Waals surface area contributed by atoms with Gasteiger partial charge in [0.2, 0.25) is 5.91 Å². The molecule has 0 aliphatic carbocycles. The zero-order valence-electron chi connectivity index (χ0n) is 16.0. The zero-order chi connectivity index (χ0) is 20.4. The van der Waals surface area contributed by atoms with Crippen LogP contribution in [0.4, 0.5) is 0 Å². The standard InChI is InChI=1S/C21H21ClN2O4/c1-13-4-6-16-17(10-13)21(27)24(20(16)26)9-8-19(25)23(2)12-14-11-15(22)5-7-18(14)28-3/h4-7,10-11H,8-9,12H2,1-3H3. The van der Waals surface area contributed by atoms with Crippen LogP contribution in [-0.2, 0) is 11.3 Å². The molecule has 0 aromatic heterocycles. The van der Waals surface area contributed by atoms with E-state index in [4.69, 9.17) is 16.3 Å². The number of ether oxygens (including phenoxy) is 1. The van der Waals surface area contributed by atoms with E-state index >= 15 is 0 Å². The normalized spacial score (nSPS) is 12.9. The van der Waals surface area contributed by atoms with Crippen LogP contribution in [0.5, 0.6) is 5.75 Å². The Hall–Kier alpha value is -2.86. The molecule has 28 heavy (non-hydrogen) atoms. The summed E-state index contributed by atoms with van der Waals surface area (Å²) in [5, 5.41) is 0.554. The Morgan fingerprint density at radius 3 is 2.54 bits per heavy atom. The molecule has 3 rings (SSSR count). The van der Waals surface area contributed by atoms with Crippen molar-refractivity contribution in [1.82, 2.24) is 9.80 Å². The minimum absolute atomic E-state index is 0.0429. The molecule has 0 radical (unpaired) electrons. The Morgan fingerprint density at radius 1 is 1.11 bits per heavy atom. The van der Waals surface area contributed by atoms with E-state index in [0.29, 0.717) is 28.4 Å². The predicted octanol–water partition coefficient (Wildman–Crippen LogP) is 3.30. The molecule has 0 saturated carbocycles. The van der Waals surface area contributed by atoms with Crippen LogP contribution in [0.1, 0.15) is 38.3 Å². The van der Waals surface area contributed by atoms with Gasteiger partial charge in [-0.1, -0.05) is 23.2 Å². The molecular weight excluding hydrogens is 380 g/mol. The summed E-state index contributed by atoms with van der Waals surface area (Å²) >= 11 is 6.03. The van der Waals surface area contributed by atoms with Crippen LogP contribution >= 0.6 is 11.6 Å². The van der Waals surface area contributed by atoms with Crippen LogP contribution in [0, 0.1) is 6.92 Å². The summed E-state index contributed by atoms with van der Waals surface area (Å²) in [5.74, 6) is -0.253. The molecule has 1 aliphatic heterocycles. The molecule has 2 aromatic carbocycles. The van der Waals surface area contributed by atoms with E-state index in [0.717, 1.165) is 16.0 Å². The molecule has 0 spiro atoms. The maximum atomic E-state index is 12.5. The molecule has 146 valence electrons. The quantitative estimate of drug-likeness (QED) is 0.698. The number of hydrogen-bond acceptors (Lipinski definition) is 4. The molecule has 0 N–H and O–H groups in total. The van der Waals surface area contributed by atoms with Gasteiger partial charge in [-0.05, 0) is 37.3 Å². The first-order chi connectivity index (χ1) is 13.3. The highest BCUT2D eigenvalue weighted by atomic mass is 35.5. The topological polar surface area (TPSA) is 66.9 Å². The van der Waals surface area contributed by atoms with Crippen LogP contribution in [0.25, 0.3) is 0 Å². The maximum absolute atomic E-state index is 12.5. The van der Waals surface area contributed by atoms with Crippen molar-refractivity contribution in [3.63, 3.8) is 0 Å². The van der Waals surface area contributed by atoms with Crippen LogP contribution in [-0.4, -0.2) is 48.2 Å². The summed E-state index contributed by atoms with van der Waals surface area (Å²) in [7, 11) is 3.22. The zero-order valence-corrected chi connectivity index (χ0v) is 16.7. The number of carbonyl (C=O) groups is 3. The first-order valence-electron chi connectivity index (χ1n) is 8.85. The minimum Gasteiger partial charge on any atom is -0.496 e. The Bertz CT molecular complexity index is 957. The van der Waals surface area contributed by atoms with Crippen molar-refractivity contribution in [2.75, 3.05) is 20.7 Å². The number of aryl methyl sites for hydroxylation is 1. The van der Waals surface area contributed by atoms with Gasteiger partial charge < -0.3 is 9.64 Å². The SMILES string of the molecule is COc1ccc(Cl)cc1CN(C)C(=O)CCN1C(=O)c2ccc(C)cc2C1=O. The van der Waals surface area contributed by atoms with Crippen molar-refractivity contribution in [2.24, 2.45) is 0 Å². The first-order valence-corrected chi connectivity index (χ1v) is 9.23. The van der Waals surface area contributed by atoms with E-state index in [2.05, 4.69) is 0 Å². The molecule has 1 heterocycles. The number of nitrogens with zero attached hydrogens (tertiary/aromatic N) is 2. The molecule has 0 atom stereocenters. The lowest BCUT2D eigenvalue weighted by Crippen LogP contribution is -2.35. The second-order valence-electron chi connectivity index (χ2n) is 6.77. The summed E-state index contributed by atoms with van der Waals surface area (Å²) in [6.07, 6.45) is 0.0455. The Balaban J connectivity index is 1.64. The average Bonchev–Trinajstić information content (AvgIpc) is 2.89. The minimum atomic E-state index is -0.355. The van der Waals surface area contributed by atoms with Crippen molar-refractivity contribution in [1.29, 1.82) is 0 Å². The lowest BCUT2D eigenvalue weighted by Gasteiger charge is -2.20. The number of fused-ring (bicyclic) bond motifs is 1. The lowest BCUT2D eigenvalue weighted by atomic mass is 10.1. The van der Waals surface area contributed by atoms with Crippen molar-refractivity contribution < 1.29 is 19.1 Å². The fourth-order valence-electron chi connectivity index (χ4n) is 3.22. The number of imide groups is 1. The third kappa shape index (κ3) is 3.87. The van der Waals surface area contributed by atoms with E-state index in [1.807, 2.05) is 6.92 Å². The molecule has 0 saturated heterocycles. The van der Waals surface area contributed by atoms with Gasteiger partial charge in [-0.2, -0.15) is 0 Å². The molecule has 0 fully saturated rings. The number of halogens is 1. The van der Waals surface area contributed by atoms with Gasteiger partial charge in [0.1, 0.15) is 5.75 Å². The highest BCUT2D eigenvalue weighted by Crippen LogP contribution is 2.25. The largest absolute Gasteiger partial charge is 0.496 e. The number of methoxy groups -OCH3 is 1. The number of rotatable bonds is 6. The second kappa shape index (κ2) is 8.02. The van der Waals surface area contributed by atoms with Gasteiger partial charge in [0.25, 0.3) is 11.8 Å². The highest BCUT2D eigenvalue weighted by Gasteiger charge is 2.35. The smallest absolute Gasteiger partial charge is 0.261 e. The Kier molecular flexibility index (Phi) is 5.70. The first kappa shape index (κ1) is 19.9. The average molecular weight is 401 g/mol. The van der Waals surface area contributed by atoms with Gasteiger partial charge in [-0.3, -0.25) is 19.3 Å². The van der Waals surface area contributed by atoms with Crippen LogP contribution in [0.3, 0.4) is 0 Å². The van der Waals surface area contributed by atoms with Gasteiger partial charge >= 0.3 is 0 Å². The third-order valence-electron chi connectivity index (χ3n) is 4.75. The maximum Gasteiger partial charge on any atom is 0.261 e. The Morgan fingerprint density at radius 2 is 1.82 bits per heavy atom. The molecule has 0 unspecified atom stereocenters. The van der Waals surface area contributed by atoms with Gasteiger partial charge in [-0.15, -0.1) is 0 Å². The van der Waals surface area contributed by atoms with Gasteiger partial charge in [0.15, 0.2) is 0 Å². The third-order valence-corrected chi connectivity index (χ3v) is 4.99. The molecular formula is C21H21ClN2O4. The van der Waals surface area contributed by atoms with Crippen molar-refractivity contribution in [3.05, 3.63) is 63.7 Å². The molecule has 0 bridgehead atoms. The van der Waals surface area contributed by atoms with Crippen LogP contribution in [0.2, 0.25) is 5.02 Å².